The van der Waals surface area contributed by atoms with Crippen molar-refractivity contribution in [1.82, 2.24) is 0 Å². The fraction of sp³-hybridized carbons (Fsp3) is 0.538. The maximum Gasteiger partial charge on any atom is 0.476 e. The number of rotatable bonds is 6. The summed E-state index contributed by atoms with van der Waals surface area (Å²) in [6.45, 7) is 9.06. The van der Waals surface area contributed by atoms with Crippen molar-refractivity contribution in [2.45, 2.75) is 44.6 Å². The lowest BCUT2D eigenvalue weighted by molar-refractivity contribution is 0.299. The summed E-state index contributed by atoms with van der Waals surface area (Å²) in [5.74, 6) is 0.624. The number of benzene rings is 1. The average Bonchev–Trinajstić information content (AvgIpc) is 2.29. The second-order valence-corrected chi connectivity index (χ2v) is 8.03. The Balaban J connectivity index is 2.42. The molecule has 0 N–H and O–H groups in total. The van der Waals surface area contributed by atoms with E-state index in [-0.39, 0.29) is 0 Å². The SMILES string of the molecule is C[SiH+]C(C)O[Si+](C)CC(C)c1ccccc1. The van der Waals surface area contributed by atoms with E-state index in [1.54, 1.807) is 0 Å². The summed E-state index contributed by atoms with van der Waals surface area (Å²) in [6.07, 6.45) is 0. The first-order valence-electron chi connectivity index (χ1n) is 5.97. The van der Waals surface area contributed by atoms with Gasteiger partial charge in [-0.2, -0.15) is 4.43 Å². The van der Waals surface area contributed by atoms with Crippen molar-refractivity contribution in [1.29, 1.82) is 0 Å². The van der Waals surface area contributed by atoms with Crippen LogP contribution in [0, 0.1) is 0 Å². The van der Waals surface area contributed by atoms with Gasteiger partial charge in [-0.15, -0.1) is 0 Å². The van der Waals surface area contributed by atoms with Gasteiger partial charge in [-0.1, -0.05) is 37.3 Å². The molecular weight excluding hydrogens is 228 g/mol. The lowest BCUT2D eigenvalue weighted by Crippen LogP contribution is -2.25. The predicted molar refractivity (Wildman–Crippen MR) is 74.8 cm³/mol. The van der Waals surface area contributed by atoms with Crippen LogP contribution in [0.3, 0.4) is 0 Å². The lowest BCUT2D eigenvalue weighted by Gasteiger charge is -2.08. The molecule has 0 aliphatic carbocycles. The van der Waals surface area contributed by atoms with Crippen LogP contribution in [-0.4, -0.2) is 24.3 Å². The highest BCUT2D eigenvalue weighted by Crippen LogP contribution is 2.21. The summed E-state index contributed by atoms with van der Waals surface area (Å²) in [7, 11) is -0.180. The summed E-state index contributed by atoms with van der Waals surface area (Å²) >= 11 is 0. The van der Waals surface area contributed by atoms with E-state index < -0.39 is 9.04 Å². The number of hydrogen-bond donors (Lipinski definition) is 0. The molecule has 2 atom stereocenters. The summed E-state index contributed by atoms with van der Waals surface area (Å²) in [4.78, 5) is 0. The first-order chi connectivity index (χ1) is 7.63. The van der Waals surface area contributed by atoms with E-state index in [1.165, 1.54) is 11.6 Å². The summed E-state index contributed by atoms with van der Waals surface area (Å²) in [6, 6.07) is 12.0. The fourth-order valence-corrected chi connectivity index (χ4v) is 4.83. The van der Waals surface area contributed by atoms with Crippen LogP contribution in [0.25, 0.3) is 0 Å². The highest BCUT2D eigenvalue weighted by molar-refractivity contribution is 6.51. The van der Waals surface area contributed by atoms with Gasteiger partial charge in [0.05, 0.1) is 19.1 Å². The molecule has 0 fully saturated rings. The quantitative estimate of drug-likeness (QED) is 0.704. The Morgan fingerprint density at radius 1 is 1.25 bits per heavy atom. The van der Waals surface area contributed by atoms with Crippen LogP contribution in [0.4, 0.5) is 0 Å². The highest BCUT2D eigenvalue weighted by Gasteiger charge is 2.31. The molecule has 0 aliphatic rings. The Bertz CT molecular complexity index is 289. The van der Waals surface area contributed by atoms with Crippen molar-refractivity contribution < 1.29 is 4.43 Å². The molecule has 3 heteroatoms. The van der Waals surface area contributed by atoms with Gasteiger partial charge in [0.2, 0.25) is 5.73 Å². The minimum Gasteiger partial charge on any atom is -0.195 e. The standard InChI is InChI=1S/C13H22OSi2/c1-11(13-8-6-5-7-9-13)10-16(4)14-12(2)15-3/h5-9,11-12,15H,10H2,1-4H3/q+2. The van der Waals surface area contributed by atoms with E-state index >= 15 is 0 Å². The first-order valence-corrected chi connectivity index (χ1v) is 9.90. The Kier molecular flexibility index (Phi) is 6.02. The van der Waals surface area contributed by atoms with Crippen molar-refractivity contribution >= 4 is 18.6 Å². The molecule has 1 rings (SSSR count). The molecule has 0 spiro atoms. The van der Waals surface area contributed by atoms with Gasteiger partial charge in [0, 0.05) is 5.92 Å². The summed E-state index contributed by atoms with van der Waals surface area (Å²) < 4.78 is 6.03. The van der Waals surface area contributed by atoms with Crippen molar-refractivity contribution in [3.05, 3.63) is 35.9 Å². The van der Waals surface area contributed by atoms with Crippen LogP contribution in [-0.2, 0) is 4.43 Å². The molecule has 0 radical (unpaired) electrons. The van der Waals surface area contributed by atoms with Gasteiger partial charge in [0.1, 0.15) is 0 Å². The van der Waals surface area contributed by atoms with E-state index in [0.717, 1.165) is 0 Å². The molecule has 0 saturated carbocycles. The topological polar surface area (TPSA) is 9.23 Å². The summed E-state index contributed by atoms with van der Waals surface area (Å²) in [5.41, 5.74) is 1.94. The van der Waals surface area contributed by atoms with E-state index in [9.17, 15) is 0 Å². The van der Waals surface area contributed by atoms with E-state index in [1.807, 2.05) is 0 Å². The normalized spacial score (nSPS) is 14.2. The van der Waals surface area contributed by atoms with Crippen LogP contribution < -0.4 is 0 Å². The van der Waals surface area contributed by atoms with Crippen LogP contribution in [0.5, 0.6) is 0 Å². The molecule has 0 heterocycles. The zero-order valence-corrected chi connectivity index (χ0v) is 12.9. The fourth-order valence-electron chi connectivity index (χ4n) is 1.76. The largest absolute Gasteiger partial charge is 0.476 e. The van der Waals surface area contributed by atoms with Gasteiger partial charge in [0.25, 0.3) is 0 Å². The maximum absolute atomic E-state index is 6.03. The Hall–Kier alpha value is -0.386. The molecule has 0 bridgehead atoms. The third kappa shape index (κ3) is 4.64. The van der Waals surface area contributed by atoms with Gasteiger partial charge in [0.15, 0.2) is 0 Å². The predicted octanol–water partition coefficient (Wildman–Crippen LogP) is 3.26. The maximum atomic E-state index is 6.03. The molecule has 1 aromatic rings. The van der Waals surface area contributed by atoms with E-state index in [2.05, 4.69) is 57.3 Å². The zero-order valence-electron chi connectivity index (χ0n) is 10.7. The minimum absolute atomic E-state index is 0.446. The lowest BCUT2D eigenvalue weighted by atomic mass is 10.0. The molecule has 16 heavy (non-hydrogen) atoms. The third-order valence-electron chi connectivity index (χ3n) is 2.82. The average molecular weight is 250 g/mol. The molecule has 1 nitrogen and oxygen atoms in total. The molecule has 86 valence electrons. The third-order valence-corrected chi connectivity index (χ3v) is 6.13. The smallest absolute Gasteiger partial charge is 0.195 e. The van der Waals surface area contributed by atoms with Gasteiger partial charge in [-0.25, -0.2) is 0 Å². The van der Waals surface area contributed by atoms with Crippen molar-refractivity contribution in [2.75, 3.05) is 0 Å². The van der Waals surface area contributed by atoms with Crippen molar-refractivity contribution in [3.8, 4) is 0 Å². The molecule has 1 aromatic carbocycles. The molecule has 0 saturated heterocycles. The van der Waals surface area contributed by atoms with Gasteiger partial charge >= 0.3 is 18.6 Å². The van der Waals surface area contributed by atoms with Gasteiger partial charge < -0.3 is 0 Å². The minimum atomic E-state index is -0.626. The second kappa shape index (κ2) is 7.04. The van der Waals surface area contributed by atoms with Gasteiger partial charge in [-0.3, -0.25) is 0 Å². The van der Waals surface area contributed by atoms with Crippen LogP contribution in [0.15, 0.2) is 30.3 Å². The van der Waals surface area contributed by atoms with Crippen molar-refractivity contribution in [3.63, 3.8) is 0 Å². The first kappa shape index (κ1) is 13.7. The van der Waals surface area contributed by atoms with E-state index in [0.29, 0.717) is 21.2 Å². The van der Waals surface area contributed by atoms with Crippen LogP contribution in [0.1, 0.15) is 25.3 Å². The Morgan fingerprint density at radius 3 is 2.44 bits per heavy atom. The van der Waals surface area contributed by atoms with Crippen LogP contribution >= 0.6 is 0 Å². The summed E-state index contributed by atoms with van der Waals surface area (Å²) in [5, 5.41) is 0. The molecule has 0 aromatic heterocycles. The molecule has 0 amide bonds. The highest BCUT2D eigenvalue weighted by atomic mass is 28.3. The molecular formula is C13H22OSi2+2. The van der Waals surface area contributed by atoms with Gasteiger partial charge in [-0.05, 0) is 12.5 Å². The monoisotopic (exact) mass is 250 g/mol. The van der Waals surface area contributed by atoms with Crippen LogP contribution in [0.2, 0.25) is 19.1 Å². The Labute approximate surface area is 104 Å². The second-order valence-electron chi connectivity index (χ2n) is 4.37. The Morgan fingerprint density at radius 2 is 1.88 bits per heavy atom. The molecule has 2 unspecified atom stereocenters. The van der Waals surface area contributed by atoms with E-state index in [4.69, 9.17) is 4.43 Å². The number of hydrogen-bond acceptors (Lipinski definition) is 1. The molecule has 0 aliphatic heterocycles. The van der Waals surface area contributed by atoms with Crippen molar-refractivity contribution in [2.24, 2.45) is 0 Å². The zero-order chi connectivity index (χ0) is 12.0.